The highest BCUT2D eigenvalue weighted by Gasteiger charge is 2.28. The molecule has 2 fully saturated rings. The molecule has 1 unspecified atom stereocenters. The SMILES string of the molecule is Cc1ncsc1CCC(=O)NC1CCCN(C2CCN(C)CC2)C1. The summed E-state index contributed by atoms with van der Waals surface area (Å²) < 4.78 is 0. The summed E-state index contributed by atoms with van der Waals surface area (Å²) in [5, 5.41) is 3.27. The van der Waals surface area contributed by atoms with Gasteiger partial charge in [0.2, 0.25) is 5.91 Å². The monoisotopic (exact) mass is 350 g/mol. The van der Waals surface area contributed by atoms with Gasteiger partial charge in [-0.05, 0) is 65.7 Å². The summed E-state index contributed by atoms with van der Waals surface area (Å²) in [6, 6.07) is 1.04. The van der Waals surface area contributed by atoms with Gasteiger partial charge in [0.25, 0.3) is 0 Å². The highest BCUT2D eigenvalue weighted by atomic mass is 32.1. The molecule has 1 aromatic heterocycles. The van der Waals surface area contributed by atoms with E-state index in [1.54, 1.807) is 11.3 Å². The summed E-state index contributed by atoms with van der Waals surface area (Å²) in [4.78, 5) is 22.8. The molecule has 24 heavy (non-hydrogen) atoms. The first-order valence-electron chi connectivity index (χ1n) is 9.22. The number of nitrogens with zero attached hydrogens (tertiary/aromatic N) is 3. The summed E-state index contributed by atoms with van der Waals surface area (Å²) in [5.41, 5.74) is 2.93. The Bertz CT molecular complexity index is 539. The lowest BCUT2D eigenvalue weighted by molar-refractivity contribution is -0.122. The Hall–Kier alpha value is -0.980. The van der Waals surface area contributed by atoms with Gasteiger partial charge in [0.1, 0.15) is 0 Å². The number of aromatic nitrogens is 1. The predicted molar refractivity (Wildman–Crippen MR) is 98.4 cm³/mol. The van der Waals surface area contributed by atoms with E-state index in [4.69, 9.17) is 0 Å². The second-order valence-electron chi connectivity index (χ2n) is 7.30. The van der Waals surface area contributed by atoms with Crippen LogP contribution in [0.3, 0.4) is 0 Å². The normalized spacial score (nSPS) is 24.2. The largest absolute Gasteiger partial charge is 0.352 e. The average Bonchev–Trinajstić information content (AvgIpc) is 2.99. The number of carbonyl (C=O) groups excluding carboxylic acids is 1. The summed E-state index contributed by atoms with van der Waals surface area (Å²) in [7, 11) is 2.21. The fourth-order valence-corrected chi connectivity index (χ4v) is 4.69. The molecule has 2 aliphatic rings. The molecular weight excluding hydrogens is 320 g/mol. The third-order valence-corrected chi connectivity index (χ3v) is 6.44. The smallest absolute Gasteiger partial charge is 0.220 e. The van der Waals surface area contributed by atoms with Gasteiger partial charge in [-0.3, -0.25) is 9.69 Å². The molecule has 0 radical (unpaired) electrons. The van der Waals surface area contributed by atoms with Gasteiger partial charge in [-0.25, -0.2) is 4.98 Å². The number of hydrogen-bond acceptors (Lipinski definition) is 5. The van der Waals surface area contributed by atoms with Crippen molar-refractivity contribution in [2.24, 2.45) is 0 Å². The molecule has 0 saturated carbocycles. The highest BCUT2D eigenvalue weighted by Crippen LogP contribution is 2.21. The van der Waals surface area contributed by atoms with E-state index >= 15 is 0 Å². The average molecular weight is 351 g/mol. The Balaban J connectivity index is 1.43. The quantitative estimate of drug-likeness (QED) is 0.883. The molecule has 1 atom stereocenters. The van der Waals surface area contributed by atoms with Crippen LogP contribution in [0.25, 0.3) is 0 Å². The number of carbonyl (C=O) groups is 1. The molecule has 1 N–H and O–H groups in total. The van der Waals surface area contributed by atoms with Crippen LogP contribution in [0.4, 0.5) is 0 Å². The van der Waals surface area contributed by atoms with E-state index in [1.165, 1.54) is 43.8 Å². The van der Waals surface area contributed by atoms with Gasteiger partial charge in [0.05, 0.1) is 11.2 Å². The predicted octanol–water partition coefficient (Wildman–Crippen LogP) is 2.06. The minimum absolute atomic E-state index is 0.193. The highest BCUT2D eigenvalue weighted by molar-refractivity contribution is 7.09. The molecule has 2 saturated heterocycles. The summed E-state index contributed by atoms with van der Waals surface area (Å²) >= 11 is 1.65. The lowest BCUT2D eigenvalue weighted by atomic mass is 9.98. The van der Waals surface area contributed by atoms with Crippen LogP contribution in [0.1, 0.15) is 42.7 Å². The van der Waals surface area contributed by atoms with E-state index in [-0.39, 0.29) is 5.91 Å². The molecular formula is C18H30N4OS. The zero-order chi connectivity index (χ0) is 16.9. The van der Waals surface area contributed by atoms with Crippen LogP contribution in [-0.4, -0.2) is 66.0 Å². The number of thiazole rings is 1. The second kappa shape index (κ2) is 8.41. The van der Waals surface area contributed by atoms with Crippen LogP contribution in [0.15, 0.2) is 5.51 Å². The Morgan fingerprint density at radius 2 is 2.12 bits per heavy atom. The number of hydrogen-bond donors (Lipinski definition) is 1. The van der Waals surface area contributed by atoms with E-state index in [0.29, 0.717) is 18.5 Å². The first-order valence-corrected chi connectivity index (χ1v) is 10.1. The fraction of sp³-hybridized carbons (Fsp3) is 0.778. The van der Waals surface area contributed by atoms with Crippen molar-refractivity contribution in [3.8, 4) is 0 Å². The molecule has 0 aromatic carbocycles. The maximum atomic E-state index is 12.3. The zero-order valence-corrected chi connectivity index (χ0v) is 15.8. The van der Waals surface area contributed by atoms with Crippen LogP contribution in [0, 0.1) is 6.92 Å². The zero-order valence-electron chi connectivity index (χ0n) is 15.0. The number of amides is 1. The van der Waals surface area contributed by atoms with Gasteiger partial charge < -0.3 is 10.2 Å². The number of rotatable bonds is 5. The van der Waals surface area contributed by atoms with E-state index in [9.17, 15) is 4.79 Å². The summed E-state index contributed by atoms with van der Waals surface area (Å²) in [6.45, 7) is 6.64. The van der Waals surface area contributed by atoms with Gasteiger partial charge in [-0.1, -0.05) is 0 Å². The van der Waals surface area contributed by atoms with E-state index in [0.717, 1.165) is 25.1 Å². The number of piperidine rings is 2. The van der Waals surface area contributed by atoms with Gasteiger partial charge in [0.15, 0.2) is 0 Å². The van der Waals surface area contributed by atoms with Crippen molar-refractivity contribution in [3.63, 3.8) is 0 Å². The van der Waals surface area contributed by atoms with Crippen molar-refractivity contribution in [2.75, 3.05) is 33.2 Å². The molecule has 1 aromatic rings. The fourth-order valence-electron chi connectivity index (χ4n) is 3.91. The third-order valence-electron chi connectivity index (χ3n) is 5.45. The summed E-state index contributed by atoms with van der Waals surface area (Å²) in [5.74, 6) is 0.193. The Kier molecular flexibility index (Phi) is 6.25. The van der Waals surface area contributed by atoms with Gasteiger partial charge in [0, 0.05) is 29.9 Å². The second-order valence-corrected chi connectivity index (χ2v) is 8.24. The molecule has 5 nitrogen and oxygen atoms in total. The number of aryl methyl sites for hydroxylation is 2. The third kappa shape index (κ3) is 4.77. The first kappa shape index (κ1) is 17.8. The Labute approximate surface area is 149 Å². The van der Waals surface area contributed by atoms with Crippen molar-refractivity contribution in [1.29, 1.82) is 0 Å². The Morgan fingerprint density at radius 1 is 1.33 bits per heavy atom. The van der Waals surface area contributed by atoms with Crippen LogP contribution in [-0.2, 0) is 11.2 Å². The van der Waals surface area contributed by atoms with Crippen molar-refractivity contribution in [2.45, 2.75) is 57.5 Å². The first-order chi connectivity index (χ1) is 11.6. The van der Waals surface area contributed by atoms with Crippen molar-refractivity contribution < 1.29 is 4.79 Å². The molecule has 1 amide bonds. The molecule has 6 heteroatoms. The maximum Gasteiger partial charge on any atom is 0.220 e. The van der Waals surface area contributed by atoms with Crippen molar-refractivity contribution in [3.05, 3.63) is 16.1 Å². The summed E-state index contributed by atoms with van der Waals surface area (Å²) in [6.07, 6.45) is 6.24. The van der Waals surface area contributed by atoms with Crippen LogP contribution < -0.4 is 5.32 Å². The molecule has 134 valence electrons. The van der Waals surface area contributed by atoms with Gasteiger partial charge in [-0.15, -0.1) is 11.3 Å². The van der Waals surface area contributed by atoms with Crippen molar-refractivity contribution >= 4 is 17.2 Å². The molecule has 0 spiro atoms. The molecule has 0 bridgehead atoms. The van der Waals surface area contributed by atoms with Crippen LogP contribution in [0.2, 0.25) is 0 Å². The van der Waals surface area contributed by atoms with Crippen LogP contribution >= 0.6 is 11.3 Å². The maximum absolute atomic E-state index is 12.3. The lowest BCUT2D eigenvalue weighted by Gasteiger charge is -2.41. The minimum Gasteiger partial charge on any atom is -0.352 e. The van der Waals surface area contributed by atoms with E-state index < -0.39 is 0 Å². The Morgan fingerprint density at radius 3 is 2.83 bits per heavy atom. The topological polar surface area (TPSA) is 48.5 Å². The van der Waals surface area contributed by atoms with E-state index in [2.05, 4.69) is 27.1 Å². The molecule has 0 aliphatic carbocycles. The molecule has 3 rings (SSSR count). The van der Waals surface area contributed by atoms with Crippen LogP contribution in [0.5, 0.6) is 0 Å². The number of likely N-dealkylation sites (tertiary alicyclic amines) is 2. The molecule has 2 aliphatic heterocycles. The van der Waals surface area contributed by atoms with Crippen molar-refractivity contribution in [1.82, 2.24) is 20.1 Å². The molecule has 3 heterocycles. The standard InChI is InChI=1S/C18H30N4OS/c1-14-17(24-13-19-14)5-6-18(23)20-15-4-3-9-22(12-15)16-7-10-21(2)11-8-16/h13,15-16H,3-12H2,1-2H3,(H,20,23). The van der Waals surface area contributed by atoms with Gasteiger partial charge in [-0.2, -0.15) is 0 Å². The minimum atomic E-state index is 0.193. The number of nitrogens with one attached hydrogen (secondary N) is 1. The lowest BCUT2D eigenvalue weighted by Crippen LogP contribution is -2.53. The van der Waals surface area contributed by atoms with E-state index in [1.807, 2.05) is 12.4 Å². The van der Waals surface area contributed by atoms with Gasteiger partial charge >= 0.3 is 0 Å².